The Labute approximate surface area is 200 Å². The molecule has 7 nitrogen and oxygen atoms in total. The van der Waals surface area contributed by atoms with Crippen molar-refractivity contribution < 1.29 is 31.5 Å². The number of nitrogens with zero attached hydrogens (tertiary/aromatic N) is 1. The molecule has 3 rings (SSSR count). The van der Waals surface area contributed by atoms with E-state index in [2.05, 4.69) is 0 Å². The number of carbonyl (C=O) groups is 1. The summed E-state index contributed by atoms with van der Waals surface area (Å²) in [5.74, 6) is -2.18. The number of anilines is 1. The van der Waals surface area contributed by atoms with E-state index >= 15 is 0 Å². The molecule has 0 spiro atoms. The van der Waals surface area contributed by atoms with E-state index in [0.717, 1.165) is 16.4 Å². The average Bonchev–Trinajstić information content (AvgIpc) is 2.79. The van der Waals surface area contributed by atoms with E-state index in [0.29, 0.717) is 0 Å². The molecule has 11 heteroatoms. The summed E-state index contributed by atoms with van der Waals surface area (Å²) in [5.41, 5.74) is 5.21. The van der Waals surface area contributed by atoms with Gasteiger partial charge in [0.25, 0.3) is 10.0 Å². The zero-order chi connectivity index (χ0) is 25.0. The number of benzene rings is 3. The van der Waals surface area contributed by atoms with Gasteiger partial charge in [0, 0.05) is 35.2 Å². The minimum atomic E-state index is -4.42. The van der Waals surface area contributed by atoms with Gasteiger partial charge in [-0.25, -0.2) is 17.2 Å². The van der Waals surface area contributed by atoms with Crippen LogP contribution in [0.3, 0.4) is 0 Å². The molecule has 1 amide bonds. The van der Waals surface area contributed by atoms with E-state index in [1.165, 1.54) is 56.7 Å². The number of hydrogen-bond donors (Lipinski definition) is 1. The monoisotopic (exact) mass is 510 g/mol. The number of primary amides is 1. The minimum absolute atomic E-state index is 0.0207. The molecule has 0 bridgehead atoms. The molecular formula is C23H21ClF2N2O5S. The number of halogens is 3. The fourth-order valence-electron chi connectivity index (χ4n) is 3.33. The zero-order valence-corrected chi connectivity index (χ0v) is 19.8. The number of sulfonamides is 1. The second kappa shape index (κ2) is 10.3. The number of hydrogen-bond acceptors (Lipinski definition) is 5. The van der Waals surface area contributed by atoms with Gasteiger partial charge in [-0.3, -0.25) is 9.10 Å². The Morgan fingerprint density at radius 2 is 1.59 bits per heavy atom. The lowest BCUT2D eigenvalue weighted by atomic mass is 10.0. The molecule has 0 aromatic heterocycles. The molecule has 0 radical (unpaired) electrons. The van der Waals surface area contributed by atoms with Gasteiger partial charge in [-0.15, -0.1) is 0 Å². The normalized spacial score (nSPS) is 11.2. The maximum absolute atomic E-state index is 14.3. The van der Waals surface area contributed by atoms with E-state index in [9.17, 15) is 22.0 Å². The molecule has 0 aliphatic carbocycles. The molecule has 0 heterocycles. The van der Waals surface area contributed by atoms with Gasteiger partial charge in [-0.1, -0.05) is 17.7 Å². The van der Waals surface area contributed by atoms with Crippen molar-refractivity contribution in [2.75, 3.05) is 25.1 Å². The predicted molar refractivity (Wildman–Crippen MR) is 124 cm³/mol. The van der Waals surface area contributed by atoms with Crippen molar-refractivity contribution in [2.45, 2.75) is 11.3 Å². The summed E-state index contributed by atoms with van der Waals surface area (Å²) < 4.78 is 67.0. The Balaban J connectivity index is 2.20. The number of rotatable bonds is 9. The number of amides is 1. The van der Waals surface area contributed by atoms with Gasteiger partial charge in [0.1, 0.15) is 29.7 Å². The number of carbonyl (C=O) groups excluding carboxylic acids is 1. The standard InChI is InChI=1S/C23H21ClF2N2O5S/c1-32-16-10-17(33-2)12-18(11-16)34(30,31)28(13-23(27)29)22-7-6-15(24)8-14(22)9-19-20(25)4-3-5-21(19)26/h3-8,10-12H,9,13H2,1-2H3,(H2,27,29). The summed E-state index contributed by atoms with van der Waals surface area (Å²) in [6, 6.07) is 11.5. The Bertz CT molecular complexity index is 1290. The largest absolute Gasteiger partial charge is 0.497 e. The molecule has 0 aliphatic heterocycles. The molecule has 0 unspecified atom stereocenters. The highest BCUT2D eigenvalue weighted by atomic mass is 35.5. The highest BCUT2D eigenvalue weighted by Crippen LogP contribution is 2.34. The van der Waals surface area contributed by atoms with Crippen molar-refractivity contribution in [3.8, 4) is 11.5 Å². The third-order valence-corrected chi connectivity index (χ3v) is 6.92. The summed E-state index contributed by atoms with van der Waals surface area (Å²) >= 11 is 6.10. The van der Waals surface area contributed by atoms with Crippen LogP contribution in [0.2, 0.25) is 5.02 Å². The lowest BCUT2D eigenvalue weighted by molar-refractivity contribution is -0.116. The number of ether oxygens (including phenoxy) is 2. The third-order valence-electron chi connectivity index (χ3n) is 4.95. The molecular weight excluding hydrogens is 490 g/mol. The lowest BCUT2D eigenvalue weighted by Crippen LogP contribution is -2.39. The second-order valence-electron chi connectivity index (χ2n) is 7.18. The minimum Gasteiger partial charge on any atom is -0.497 e. The Hall–Kier alpha value is -3.37. The molecule has 0 aliphatic rings. The van der Waals surface area contributed by atoms with Crippen LogP contribution in [0.1, 0.15) is 11.1 Å². The van der Waals surface area contributed by atoms with Gasteiger partial charge in [0.15, 0.2) is 0 Å². The van der Waals surface area contributed by atoms with Gasteiger partial charge >= 0.3 is 0 Å². The van der Waals surface area contributed by atoms with Crippen molar-refractivity contribution >= 4 is 33.2 Å². The highest BCUT2D eigenvalue weighted by molar-refractivity contribution is 7.92. The molecule has 0 saturated carbocycles. The van der Waals surface area contributed by atoms with E-state index < -0.39 is 34.1 Å². The van der Waals surface area contributed by atoms with Crippen molar-refractivity contribution in [1.82, 2.24) is 0 Å². The van der Waals surface area contributed by atoms with Gasteiger partial charge in [-0.05, 0) is 35.9 Å². The van der Waals surface area contributed by atoms with Crippen LogP contribution < -0.4 is 19.5 Å². The average molecular weight is 511 g/mol. The quantitative estimate of drug-likeness (QED) is 0.470. The van der Waals surface area contributed by atoms with E-state index in [-0.39, 0.29) is 44.7 Å². The first-order valence-corrected chi connectivity index (χ1v) is 11.6. The molecule has 0 saturated heterocycles. The maximum atomic E-state index is 14.3. The van der Waals surface area contributed by atoms with Crippen molar-refractivity contribution in [3.05, 3.63) is 82.4 Å². The molecule has 34 heavy (non-hydrogen) atoms. The SMILES string of the molecule is COc1cc(OC)cc(S(=O)(=O)N(CC(N)=O)c2ccc(Cl)cc2Cc2c(F)cccc2F)c1. The summed E-state index contributed by atoms with van der Waals surface area (Å²) in [6.07, 6.45) is -0.333. The van der Waals surface area contributed by atoms with E-state index in [1.807, 2.05) is 0 Å². The van der Waals surface area contributed by atoms with E-state index in [1.54, 1.807) is 0 Å². The second-order valence-corrected chi connectivity index (χ2v) is 9.48. The van der Waals surface area contributed by atoms with Crippen LogP contribution >= 0.6 is 11.6 Å². The molecule has 0 fully saturated rings. The lowest BCUT2D eigenvalue weighted by Gasteiger charge is -2.26. The predicted octanol–water partition coefficient (Wildman–Crippen LogP) is 3.91. The van der Waals surface area contributed by atoms with E-state index in [4.69, 9.17) is 26.8 Å². The Morgan fingerprint density at radius 1 is 1.00 bits per heavy atom. The topological polar surface area (TPSA) is 98.9 Å². The number of methoxy groups -OCH3 is 2. The van der Waals surface area contributed by atoms with Gasteiger partial charge < -0.3 is 15.2 Å². The van der Waals surface area contributed by atoms with Gasteiger partial charge in [-0.2, -0.15) is 0 Å². The van der Waals surface area contributed by atoms with Crippen LogP contribution in [-0.2, 0) is 21.2 Å². The third kappa shape index (κ3) is 5.40. The van der Waals surface area contributed by atoms with Crippen LogP contribution in [0, 0.1) is 11.6 Å². The molecule has 3 aromatic carbocycles. The van der Waals surface area contributed by atoms with Gasteiger partial charge in [0.05, 0.1) is 24.8 Å². The van der Waals surface area contributed by atoms with Crippen molar-refractivity contribution in [1.29, 1.82) is 0 Å². The Kier molecular flexibility index (Phi) is 7.63. The van der Waals surface area contributed by atoms with Crippen molar-refractivity contribution in [2.24, 2.45) is 5.73 Å². The summed E-state index contributed by atoms with van der Waals surface area (Å²) in [7, 11) is -1.71. The van der Waals surface area contributed by atoms with Crippen LogP contribution in [0.25, 0.3) is 0 Å². The highest BCUT2D eigenvalue weighted by Gasteiger charge is 2.30. The molecule has 0 atom stereocenters. The van der Waals surface area contributed by atoms with Gasteiger partial charge in [0.2, 0.25) is 5.91 Å². The Morgan fingerprint density at radius 3 is 2.12 bits per heavy atom. The first-order valence-electron chi connectivity index (χ1n) is 9.82. The van der Waals surface area contributed by atoms with Crippen LogP contribution in [0.5, 0.6) is 11.5 Å². The maximum Gasteiger partial charge on any atom is 0.265 e. The number of nitrogens with two attached hydrogens (primary N) is 1. The summed E-state index contributed by atoms with van der Waals surface area (Å²) in [6.45, 7) is -0.740. The summed E-state index contributed by atoms with van der Waals surface area (Å²) in [5, 5.41) is 0.204. The zero-order valence-electron chi connectivity index (χ0n) is 18.2. The molecule has 180 valence electrons. The van der Waals surface area contributed by atoms with Crippen LogP contribution in [0.15, 0.2) is 59.5 Å². The van der Waals surface area contributed by atoms with Crippen LogP contribution in [-0.4, -0.2) is 35.1 Å². The first-order chi connectivity index (χ1) is 16.1. The fourth-order valence-corrected chi connectivity index (χ4v) is 5.04. The fraction of sp³-hybridized carbons (Fsp3) is 0.174. The van der Waals surface area contributed by atoms with Crippen molar-refractivity contribution in [3.63, 3.8) is 0 Å². The molecule has 3 aromatic rings. The smallest absolute Gasteiger partial charge is 0.265 e. The van der Waals surface area contributed by atoms with Crippen LogP contribution in [0.4, 0.5) is 14.5 Å². The molecule has 2 N–H and O–H groups in total. The summed E-state index contributed by atoms with van der Waals surface area (Å²) in [4.78, 5) is 11.6. The first kappa shape index (κ1) is 25.3.